The van der Waals surface area contributed by atoms with Crippen molar-refractivity contribution in [2.75, 3.05) is 11.9 Å². The lowest BCUT2D eigenvalue weighted by atomic mass is 9.97. The van der Waals surface area contributed by atoms with Crippen LogP contribution < -0.4 is 5.32 Å². The van der Waals surface area contributed by atoms with Gasteiger partial charge < -0.3 is 9.88 Å². The fraction of sp³-hybridized carbons (Fsp3) is 0.438. The van der Waals surface area contributed by atoms with E-state index < -0.39 is 0 Å². The van der Waals surface area contributed by atoms with E-state index in [1.165, 1.54) is 41.5 Å². The topological polar surface area (TPSA) is 55.6 Å². The number of thiophene rings is 1. The van der Waals surface area contributed by atoms with Gasteiger partial charge in [-0.3, -0.25) is 0 Å². The van der Waals surface area contributed by atoms with Crippen molar-refractivity contribution < 1.29 is 0 Å². The third-order valence-electron chi connectivity index (χ3n) is 4.20. The van der Waals surface area contributed by atoms with Gasteiger partial charge in [0, 0.05) is 30.4 Å². The molecule has 0 saturated carbocycles. The first-order valence-corrected chi connectivity index (χ1v) is 8.68. The molecule has 114 valence electrons. The van der Waals surface area contributed by atoms with Gasteiger partial charge in [-0.05, 0) is 37.7 Å². The van der Waals surface area contributed by atoms with Crippen LogP contribution in [0.2, 0.25) is 0 Å². The summed E-state index contributed by atoms with van der Waals surface area (Å²) in [5.41, 5.74) is 1.49. The van der Waals surface area contributed by atoms with Crippen LogP contribution in [-0.2, 0) is 19.4 Å². The number of nitrogens with zero attached hydrogens (tertiary/aromatic N) is 4. The Bertz CT molecular complexity index is 762. The summed E-state index contributed by atoms with van der Waals surface area (Å²) in [6, 6.07) is 0. The van der Waals surface area contributed by atoms with Crippen LogP contribution in [-0.4, -0.2) is 26.1 Å². The van der Waals surface area contributed by atoms with Crippen LogP contribution in [0.4, 0.5) is 5.82 Å². The predicted molar refractivity (Wildman–Crippen MR) is 89.4 cm³/mol. The number of anilines is 1. The third-order valence-corrected chi connectivity index (χ3v) is 5.40. The van der Waals surface area contributed by atoms with Crippen LogP contribution in [0.3, 0.4) is 0 Å². The average molecular weight is 313 g/mol. The second kappa shape index (κ2) is 6.04. The van der Waals surface area contributed by atoms with E-state index >= 15 is 0 Å². The summed E-state index contributed by atoms with van der Waals surface area (Å²) in [6.07, 6.45) is 13.4. The number of fused-ring (bicyclic) bond motifs is 3. The summed E-state index contributed by atoms with van der Waals surface area (Å²) in [7, 11) is 0. The van der Waals surface area contributed by atoms with Gasteiger partial charge in [0.2, 0.25) is 0 Å². The molecule has 0 aliphatic heterocycles. The fourth-order valence-electron chi connectivity index (χ4n) is 3.11. The summed E-state index contributed by atoms with van der Waals surface area (Å²) in [6.45, 7) is 1.89. The Morgan fingerprint density at radius 2 is 2.18 bits per heavy atom. The summed E-state index contributed by atoms with van der Waals surface area (Å²) in [5.74, 6) is 1.01. The van der Waals surface area contributed by atoms with Gasteiger partial charge in [-0.25, -0.2) is 15.0 Å². The zero-order valence-corrected chi connectivity index (χ0v) is 13.3. The highest BCUT2D eigenvalue weighted by Gasteiger charge is 2.19. The highest BCUT2D eigenvalue weighted by atomic mass is 32.1. The number of nitrogens with one attached hydrogen (secondary N) is 1. The Morgan fingerprint density at radius 3 is 3.09 bits per heavy atom. The van der Waals surface area contributed by atoms with Crippen LogP contribution in [0.15, 0.2) is 25.0 Å². The summed E-state index contributed by atoms with van der Waals surface area (Å²) < 4.78 is 2.10. The molecule has 1 N–H and O–H groups in total. The molecule has 0 aromatic carbocycles. The summed E-state index contributed by atoms with van der Waals surface area (Å²) >= 11 is 1.85. The lowest BCUT2D eigenvalue weighted by Crippen LogP contribution is -2.08. The number of hydrogen-bond acceptors (Lipinski definition) is 5. The van der Waals surface area contributed by atoms with E-state index in [2.05, 4.69) is 24.8 Å². The molecule has 0 radical (unpaired) electrons. The van der Waals surface area contributed by atoms with Crippen LogP contribution in [0.25, 0.3) is 10.2 Å². The van der Waals surface area contributed by atoms with Crippen molar-refractivity contribution in [3.63, 3.8) is 0 Å². The van der Waals surface area contributed by atoms with E-state index in [-0.39, 0.29) is 0 Å². The molecule has 0 spiro atoms. The molecule has 4 rings (SSSR count). The molecule has 1 aliphatic carbocycles. The molecule has 22 heavy (non-hydrogen) atoms. The zero-order chi connectivity index (χ0) is 14.8. The number of rotatable bonds is 5. The molecule has 6 heteroatoms. The van der Waals surface area contributed by atoms with Crippen LogP contribution in [0.1, 0.15) is 29.7 Å². The van der Waals surface area contributed by atoms with Crippen molar-refractivity contribution in [2.24, 2.45) is 0 Å². The second-order valence-electron chi connectivity index (χ2n) is 5.69. The van der Waals surface area contributed by atoms with Crippen molar-refractivity contribution in [3.8, 4) is 0 Å². The van der Waals surface area contributed by atoms with Gasteiger partial charge in [0.05, 0.1) is 11.7 Å². The Labute approximate surface area is 133 Å². The maximum Gasteiger partial charge on any atom is 0.138 e. The van der Waals surface area contributed by atoms with Crippen molar-refractivity contribution in [1.29, 1.82) is 0 Å². The molecule has 1 aliphatic rings. The monoisotopic (exact) mass is 313 g/mol. The number of hydrogen-bond donors (Lipinski definition) is 1. The lowest BCUT2D eigenvalue weighted by Gasteiger charge is -2.12. The molecule has 0 amide bonds. The fourth-order valence-corrected chi connectivity index (χ4v) is 4.34. The molecule has 3 heterocycles. The van der Waals surface area contributed by atoms with Gasteiger partial charge >= 0.3 is 0 Å². The Hall–Kier alpha value is -1.95. The van der Waals surface area contributed by atoms with Crippen LogP contribution in [0.5, 0.6) is 0 Å². The first-order valence-electron chi connectivity index (χ1n) is 7.86. The minimum Gasteiger partial charge on any atom is -0.369 e. The molecule has 0 fully saturated rings. The molecule has 3 aromatic heterocycles. The SMILES string of the molecule is c1cn(CCCNc2ncnc3sc4c(c23)CCCC4)cn1. The molecular weight excluding hydrogens is 294 g/mol. The quantitative estimate of drug-likeness (QED) is 0.735. The van der Waals surface area contributed by atoms with E-state index in [1.54, 1.807) is 6.33 Å². The molecule has 0 unspecified atom stereocenters. The highest BCUT2D eigenvalue weighted by molar-refractivity contribution is 7.19. The van der Waals surface area contributed by atoms with Crippen LogP contribution >= 0.6 is 11.3 Å². The smallest absolute Gasteiger partial charge is 0.138 e. The number of aromatic nitrogens is 4. The van der Waals surface area contributed by atoms with E-state index in [0.29, 0.717) is 0 Å². The molecule has 0 saturated heterocycles. The number of imidazole rings is 1. The predicted octanol–water partition coefficient (Wildman–Crippen LogP) is 3.27. The lowest BCUT2D eigenvalue weighted by molar-refractivity contribution is 0.660. The van der Waals surface area contributed by atoms with Gasteiger partial charge in [-0.1, -0.05) is 0 Å². The normalized spacial score (nSPS) is 14.2. The van der Waals surface area contributed by atoms with Crippen molar-refractivity contribution >= 4 is 27.4 Å². The van der Waals surface area contributed by atoms with Crippen molar-refractivity contribution in [3.05, 3.63) is 35.5 Å². The first-order chi connectivity index (χ1) is 10.9. The minimum atomic E-state index is 0.912. The van der Waals surface area contributed by atoms with Gasteiger partial charge in [0.1, 0.15) is 17.0 Å². The maximum absolute atomic E-state index is 4.49. The van der Waals surface area contributed by atoms with Crippen molar-refractivity contribution in [1.82, 2.24) is 19.5 Å². The number of aryl methyl sites for hydroxylation is 3. The molecule has 0 bridgehead atoms. The van der Waals surface area contributed by atoms with E-state index in [1.807, 2.05) is 30.1 Å². The van der Waals surface area contributed by atoms with Crippen LogP contribution in [0, 0.1) is 0 Å². The summed E-state index contributed by atoms with van der Waals surface area (Å²) in [5, 5.41) is 4.78. The molecular formula is C16H19N5S. The zero-order valence-electron chi connectivity index (χ0n) is 12.5. The molecule has 3 aromatic rings. The molecule has 0 atom stereocenters. The van der Waals surface area contributed by atoms with Gasteiger partial charge in [-0.15, -0.1) is 11.3 Å². The van der Waals surface area contributed by atoms with Gasteiger partial charge in [0.25, 0.3) is 0 Å². The summed E-state index contributed by atoms with van der Waals surface area (Å²) in [4.78, 5) is 15.7. The van der Waals surface area contributed by atoms with Crippen molar-refractivity contribution in [2.45, 2.75) is 38.6 Å². The second-order valence-corrected chi connectivity index (χ2v) is 6.78. The first kappa shape index (κ1) is 13.7. The van der Waals surface area contributed by atoms with Gasteiger partial charge in [-0.2, -0.15) is 0 Å². The van der Waals surface area contributed by atoms with E-state index in [9.17, 15) is 0 Å². The van der Waals surface area contributed by atoms with E-state index in [4.69, 9.17) is 0 Å². The highest BCUT2D eigenvalue weighted by Crippen LogP contribution is 2.37. The third kappa shape index (κ3) is 2.59. The molecule has 5 nitrogen and oxygen atoms in total. The average Bonchev–Trinajstić information content (AvgIpc) is 3.19. The van der Waals surface area contributed by atoms with E-state index in [0.717, 1.165) is 30.2 Å². The minimum absolute atomic E-state index is 0.912. The van der Waals surface area contributed by atoms with Gasteiger partial charge in [0.15, 0.2) is 0 Å². The maximum atomic E-state index is 4.49. The standard InChI is InChI=1S/C16H19N5S/c1-2-5-13-12(4-1)14-15(19-10-20-16(14)22-13)18-6-3-8-21-9-7-17-11-21/h7,9-11H,1-6,8H2,(H,18,19,20). The Kier molecular flexibility index (Phi) is 3.76. The largest absolute Gasteiger partial charge is 0.369 e. The Morgan fingerprint density at radius 1 is 1.23 bits per heavy atom. The Balaban J connectivity index is 1.50.